The molecule has 4 aromatic carbocycles. The molecule has 1 heterocycles. The SMILES string of the molecule is O=c1c2ccccc2nc(-c2ccccc2)n1N=Cc1ccc(Sc2ccccc2)cc1. The first kappa shape index (κ1) is 20.0. The number of hydrogen-bond donors (Lipinski definition) is 0. The summed E-state index contributed by atoms with van der Waals surface area (Å²) < 4.78 is 1.38. The third-order valence-electron chi connectivity index (χ3n) is 4.97. The lowest BCUT2D eigenvalue weighted by molar-refractivity contribution is 0.830. The maximum Gasteiger partial charge on any atom is 0.282 e. The summed E-state index contributed by atoms with van der Waals surface area (Å²) >= 11 is 1.70. The summed E-state index contributed by atoms with van der Waals surface area (Å²) in [6, 6.07) is 35.3. The summed E-state index contributed by atoms with van der Waals surface area (Å²) in [4.78, 5) is 20.3. The largest absolute Gasteiger partial charge is 0.282 e. The minimum Gasteiger partial charge on any atom is -0.267 e. The van der Waals surface area contributed by atoms with E-state index in [-0.39, 0.29) is 5.56 Å². The molecule has 5 aromatic rings. The molecule has 0 aliphatic carbocycles. The first-order chi connectivity index (χ1) is 15.8. The lowest BCUT2D eigenvalue weighted by Gasteiger charge is -2.09. The first-order valence-electron chi connectivity index (χ1n) is 10.2. The number of rotatable bonds is 5. The molecule has 0 spiro atoms. The number of aromatic nitrogens is 2. The Kier molecular flexibility index (Phi) is 5.64. The molecule has 0 fully saturated rings. The molecule has 0 radical (unpaired) electrons. The summed E-state index contributed by atoms with van der Waals surface area (Å²) in [5.41, 5.74) is 2.20. The van der Waals surface area contributed by atoms with Crippen molar-refractivity contribution in [3.63, 3.8) is 0 Å². The van der Waals surface area contributed by atoms with Gasteiger partial charge in [0.05, 0.1) is 17.1 Å². The van der Waals surface area contributed by atoms with E-state index in [1.807, 2.05) is 78.9 Å². The van der Waals surface area contributed by atoms with Crippen molar-refractivity contribution in [2.24, 2.45) is 5.10 Å². The highest BCUT2D eigenvalue weighted by Gasteiger charge is 2.11. The van der Waals surface area contributed by atoms with E-state index >= 15 is 0 Å². The van der Waals surface area contributed by atoms with Gasteiger partial charge >= 0.3 is 0 Å². The molecule has 0 saturated carbocycles. The van der Waals surface area contributed by atoms with Crippen LogP contribution in [-0.2, 0) is 0 Å². The molecule has 0 aliphatic heterocycles. The molecule has 5 rings (SSSR count). The van der Waals surface area contributed by atoms with E-state index in [0.29, 0.717) is 16.7 Å². The van der Waals surface area contributed by atoms with E-state index in [1.165, 1.54) is 9.57 Å². The van der Waals surface area contributed by atoms with Crippen LogP contribution in [0.4, 0.5) is 0 Å². The van der Waals surface area contributed by atoms with Crippen LogP contribution in [0.2, 0.25) is 0 Å². The quantitative estimate of drug-likeness (QED) is 0.315. The maximum absolute atomic E-state index is 13.2. The van der Waals surface area contributed by atoms with Gasteiger partial charge in [0.25, 0.3) is 5.56 Å². The molecule has 32 heavy (non-hydrogen) atoms. The molecule has 0 unspecified atom stereocenters. The van der Waals surface area contributed by atoms with E-state index in [4.69, 9.17) is 4.98 Å². The van der Waals surface area contributed by atoms with Crippen LogP contribution in [-0.4, -0.2) is 15.9 Å². The van der Waals surface area contributed by atoms with Gasteiger partial charge in [-0.15, -0.1) is 0 Å². The lowest BCUT2D eigenvalue weighted by Crippen LogP contribution is -2.20. The molecular formula is C27H19N3OS. The highest BCUT2D eigenvalue weighted by Crippen LogP contribution is 2.27. The van der Waals surface area contributed by atoms with Crippen molar-refractivity contribution in [2.75, 3.05) is 0 Å². The second-order valence-corrected chi connectivity index (χ2v) is 8.31. The Labute approximate surface area is 189 Å². The molecule has 0 saturated heterocycles. The van der Waals surface area contributed by atoms with Gasteiger partial charge in [-0.25, -0.2) is 4.98 Å². The van der Waals surface area contributed by atoms with Gasteiger partial charge in [-0.1, -0.05) is 84.6 Å². The van der Waals surface area contributed by atoms with Crippen molar-refractivity contribution >= 4 is 28.9 Å². The molecule has 0 amide bonds. The van der Waals surface area contributed by atoms with Crippen LogP contribution in [0, 0.1) is 0 Å². The average Bonchev–Trinajstić information content (AvgIpc) is 2.85. The zero-order valence-corrected chi connectivity index (χ0v) is 17.9. The minimum absolute atomic E-state index is 0.193. The number of benzene rings is 4. The Morgan fingerprint density at radius 3 is 2.09 bits per heavy atom. The molecule has 5 heteroatoms. The number of hydrogen-bond acceptors (Lipinski definition) is 4. The molecule has 0 N–H and O–H groups in total. The van der Waals surface area contributed by atoms with Gasteiger partial charge in [-0.2, -0.15) is 9.78 Å². The Balaban J connectivity index is 1.50. The van der Waals surface area contributed by atoms with Gasteiger partial charge < -0.3 is 0 Å². The minimum atomic E-state index is -0.193. The predicted octanol–water partition coefficient (Wildman–Crippen LogP) is 6.10. The molecule has 0 aliphatic rings. The van der Waals surface area contributed by atoms with E-state index < -0.39 is 0 Å². The van der Waals surface area contributed by atoms with Gasteiger partial charge in [-0.3, -0.25) is 4.79 Å². The van der Waals surface area contributed by atoms with Crippen LogP contribution in [0.5, 0.6) is 0 Å². The Bertz CT molecular complexity index is 1440. The summed E-state index contributed by atoms with van der Waals surface area (Å²) in [7, 11) is 0. The van der Waals surface area contributed by atoms with Crippen LogP contribution < -0.4 is 5.56 Å². The fraction of sp³-hybridized carbons (Fsp3) is 0. The van der Waals surface area contributed by atoms with Crippen molar-refractivity contribution in [1.82, 2.24) is 9.66 Å². The van der Waals surface area contributed by atoms with Gasteiger partial charge in [0.1, 0.15) is 0 Å². The van der Waals surface area contributed by atoms with Crippen molar-refractivity contribution in [3.05, 3.63) is 125 Å². The predicted molar refractivity (Wildman–Crippen MR) is 131 cm³/mol. The molecule has 0 bridgehead atoms. The van der Waals surface area contributed by atoms with Crippen LogP contribution in [0.15, 0.2) is 129 Å². The monoisotopic (exact) mass is 433 g/mol. The van der Waals surface area contributed by atoms with Gasteiger partial charge in [-0.05, 0) is 42.0 Å². The standard InChI is InChI=1S/C27H19N3OS/c31-27-24-13-7-8-14-25(24)29-26(21-9-3-1-4-10-21)30(27)28-19-20-15-17-23(18-16-20)32-22-11-5-2-6-12-22/h1-19H. The van der Waals surface area contributed by atoms with Gasteiger partial charge in [0, 0.05) is 15.4 Å². The fourth-order valence-corrected chi connectivity index (χ4v) is 4.21. The van der Waals surface area contributed by atoms with Crippen molar-refractivity contribution in [1.29, 1.82) is 0 Å². The third-order valence-corrected chi connectivity index (χ3v) is 5.98. The normalized spacial score (nSPS) is 11.2. The average molecular weight is 434 g/mol. The molecular weight excluding hydrogens is 414 g/mol. The van der Waals surface area contributed by atoms with E-state index in [9.17, 15) is 4.79 Å². The summed E-state index contributed by atoms with van der Waals surface area (Å²) in [5, 5.41) is 5.07. The highest BCUT2D eigenvalue weighted by molar-refractivity contribution is 7.99. The number of nitrogens with zero attached hydrogens (tertiary/aromatic N) is 3. The summed E-state index contributed by atoms with van der Waals surface area (Å²) in [5.74, 6) is 0.516. The molecule has 4 nitrogen and oxygen atoms in total. The van der Waals surface area contributed by atoms with E-state index in [0.717, 1.165) is 16.0 Å². The third kappa shape index (κ3) is 4.24. The Hall–Kier alpha value is -3.96. The second kappa shape index (κ2) is 9.04. The Morgan fingerprint density at radius 2 is 1.34 bits per heavy atom. The van der Waals surface area contributed by atoms with Crippen molar-refractivity contribution in [3.8, 4) is 11.4 Å². The zero-order valence-electron chi connectivity index (χ0n) is 17.1. The maximum atomic E-state index is 13.2. The van der Waals surface area contributed by atoms with E-state index in [1.54, 1.807) is 24.0 Å². The fourth-order valence-electron chi connectivity index (χ4n) is 3.38. The lowest BCUT2D eigenvalue weighted by atomic mass is 10.2. The number of fused-ring (bicyclic) bond motifs is 1. The van der Waals surface area contributed by atoms with Gasteiger partial charge in [0.2, 0.25) is 0 Å². The smallest absolute Gasteiger partial charge is 0.267 e. The second-order valence-electron chi connectivity index (χ2n) is 7.16. The topological polar surface area (TPSA) is 47.2 Å². The van der Waals surface area contributed by atoms with Gasteiger partial charge in [0.15, 0.2) is 5.82 Å². The van der Waals surface area contributed by atoms with E-state index in [2.05, 4.69) is 29.4 Å². The first-order valence-corrected chi connectivity index (χ1v) is 11.0. The Morgan fingerprint density at radius 1 is 0.719 bits per heavy atom. The van der Waals surface area contributed by atoms with Crippen LogP contribution >= 0.6 is 11.8 Å². The van der Waals surface area contributed by atoms with Crippen molar-refractivity contribution < 1.29 is 0 Å². The summed E-state index contributed by atoms with van der Waals surface area (Å²) in [6.07, 6.45) is 1.70. The number of para-hydroxylation sites is 1. The molecule has 0 atom stereocenters. The zero-order chi connectivity index (χ0) is 21.8. The van der Waals surface area contributed by atoms with Crippen molar-refractivity contribution in [2.45, 2.75) is 9.79 Å². The highest BCUT2D eigenvalue weighted by atomic mass is 32.2. The summed E-state index contributed by atoms with van der Waals surface area (Å²) in [6.45, 7) is 0. The molecule has 1 aromatic heterocycles. The van der Waals surface area contributed by atoms with Crippen LogP contribution in [0.1, 0.15) is 5.56 Å². The van der Waals surface area contributed by atoms with Crippen LogP contribution in [0.3, 0.4) is 0 Å². The molecule has 154 valence electrons. The van der Waals surface area contributed by atoms with Crippen LogP contribution in [0.25, 0.3) is 22.3 Å².